The van der Waals surface area contributed by atoms with Crippen LogP contribution in [0.1, 0.15) is 36.5 Å². The van der Waals surface area contributed by atoms with Gasteiger partial charge in [-0.1, -0.05) is 50.2 Å². The minimum atomic E-state index is -0.334. The number of hydrogen-bond acceptors (Lipinski definition) is 4. The maximum atomic E-state index is 12.0. The van der Waals surface area contributed by atoms with Gasteiger partial charge in [-0.15, -0.1) is 0 Å². The Balaban J connectivity index is 1.43. The first-order valence-electron chi connectivity index (χ1n) is 10.0. The van der Waals surface area contributed by atoms with Gasteiger partial charge in [0, 0.05) is 0 Å². The summed E-state index contributed by atoms with van der Waals surface area (Å²) >= 11 is 3.48. The highest BCUT2D eigenvalue weighted by Gasteiger charge is 2.07. The van der Waals surface area contributed by atoms with E-state index in [1.165, 1.54) is 5.56 Å². The molecule has 0 fully saturated rings. The Labute approximate surface area is 191 Å². The predicted molar refractivity (Wildman–Crippen MR) is 127 cm³/mol. The topological polar surface area (TPSA) is 59.9 Å². The van der Waals surface area contributed by atoms with Crippen LogP contribution in [0.2, 0.25) is 0 Å². The molecule has 0 aromatic heterocycles. The average molecular weight is 481 g/mol. The third-order valence-corrected chi connectivity index (χ3v) is 5.13. The van der Waals surface area contributed by atoms with E-state index < -0.39 is 0 Å². The standard InChI is InChI=1S/C25H25BrN2O3/c1-18(2)21-10-13-24(23(26)14-21)31-17-25(29)28-27-15-19-8-11-22(12-9-19)30-16-20-6-4-3-5-7-20/h3-15,18H,16-17H2,1-2H3,(H,28,29). The van der Waals surface area contributed by atoms with E-state index in [0.717, 1.165) is 21.3 Å². The monoisotopic (exact) mass is 480 g/mol. The number of ether oxygens (including phenoxy) is 2. The fraction of sp³-hybridized carbons (Fsp3) is 0.200. The minimum absolute atomic E-state index is 0.122. The maximum absolute atomic E-state index is 12.0. The van der Waals surface area contributed by atoms with Crippen molar-refractivity contribution in [2.45, 2.75) is 26.4 Å². The summed E-state index contributed by atoms with van der Waals surface area (Å²) in [6.45, 7) is 4.64. The quantitative estimate of drug-likeness (QED) is 0.316. The van der Waals surface area contributed by atoms with E-state index >= 15 is 0 Å². The molecule has 0 unspecified atom stereocenters. The number of halogens is 1. The molecule has 31 heavy (non-hydrogen) atoms. The molecule has 0 aliphatic rings. The molecule has 0 bridgehead atoms. The normalized spacial score (nSPS) is 11.0. The molecule has 1 N–H and O–H groups in total. The predicted octanol–water partition coefficient (Wildman–Crippen LogP) is 5.68. The SMILES string of the molecule is CC(C)c1ccc(OCC(=O)NN=Cc2ccc(OCc3ccccc3)cc2)c(Br)c1. The summed E-state index contributed by atoms with van der Waals surface area (Å²) < 4.78 is 12.1. The zero-order chi connectivity index (χ0) is 22.1. The van der Waals surface area contributed by atoms with Crippen molar-refractivity contribution in [3.8, 4) is 11.5 Å². The molecule has 0 saturated heterocycles. The highest BCUT2D eigenvalue weighted by molar-refractivity contribution is 9.10. The second kappa shape index (κ2) is 11.3. The number of nitrogens with one attached hydrogen (secondary N) is 1. The highest BCUT2D eigenvalue weighted by atomic mass is 79.9. The molecule has 3 aromatic rings. The van der Waals surface area contributed by atoms with Gasteiger partial charge in [0.2, 0.25) is 0 Å². The highest BCUT2D eigenvalue weighted by Crippen LogP contribution is 2.28. The van der Waals surface area contributed by atoms with Gasteiger partial charge in [0.1, 0.15) is 18.1 Å². The molecule has 0 heterocycles. The van der Waals surface area contributed by atoms with E-state index in [9.17, 15) is 4.79 Å². The Hall–Kier alpha value is -3.12. The molecule has 6 heteroatoms. The van der Waals surface area contributed by atoms with Crippen LogP contribution >= 0.6 is 15.9 Å². The van der Waals surface area contributed by atoms with Crippen LogP contribution in [-0.4, -0.2) is 18.7 Å². The molecule has 0 aliphatic carbocycles. The fourth-order valence-electron chi connectivity index (χ4n) is 2.74. The van der Waals surface area contributed by atoms with Crippen LogP contribution in [0.15, 0.2) is 82.4 Å². The molecule has 5 nitrogen and oxygen atoms in total. The Kier molecular flexibility index (Phi) is 8.24. The van der Waals surface area contributed by atoms with Crippen LogP contribution in [0, 0.1) is 0 Å². The van der Waals surface area contributed by atoms with Crippen molar-refractivity contribution in [2.24, 2.45) is 5.10 Å². The van der Waals surface area contributed by atoms with Crippen molar-refractivity contribution in [3.05, 3.63) is 94.0 Å². The first-order valence-corrected chi connectivity index (χ1v) is 10.8. The number of carbonyl (C=O) groups is 1. The van der Waals surface area contributed by atoms with Gasteiger partial charge >= 0.3 is 0 Å². The van der Waals surface area contributed by atoms with E-state index in [1.807, 2.05) is 72.8 Å². The van der Waals surface area contributed by atoms with Gasteiger partial charge in [0.05, 0.1) is 10.7 Å². The van der Waals surface area contributed by atoms with Gasteiger partial charge in [0.25, 0.3) is 5.91 Å². The fourth-order valence-corrected chi connectivity index (χ4v) is 3.25. The number of amides is 1. The van der Waals surface area contributed by atoms with Gasteiger partial charge in [0.15, 0.2) is 6.61 Å². The molecular weight excluding hydrogens is 456 g/mol. The molecule has 160 valence electrons. The number of carbonyl (C=O) groups excluding carboxylic acids is 1. The molecule has 1 amide bonds. The molecule has 3 aromatic carbocycles. The van der Waals surface area contributed by atoms with Crippen LogP contribution in [0.5, 0.6) is 11.5 Å². The molecule has 0 aliphatic heterocycles. The second-order valence-electron chi connectivity index (χ2n) is 7.27. The summed E-state index contributed by atoms with van der Waals surface area (Å²) in [6.07, 6.45) is 1.58. The van der Waals surface area contributed by atoms with Gasteiger partial charge in [-0.25, -0.2) is 5.43 Å². The lowest BCUT2D eigenvalue weighted by atomic mass is 10.0. The largest absolute Gasteiger partial charge is 0.489 e. The Morgan fingerprint density at radius 2 is 1.77 bits per heavy atom. The summed E-state index contributed by atoms with van der Waals surface area (Å²) in [5, 5.41) is 3.98. The number of hydrazone groups is 1. The van der Waals surface area contributed by atoms with Gasteiger partial charge in [-0.3, -0.25) is 4.79 Å². The van der Waals surface area contributed by atoms with Crippen molar-refractivity contribution < 1.29 is 14.3 Å². The lowest BCUT2D eigenvalue weighted by Gasteiger charge is -2.10. The van der Waals surface area contributed by atoms with E-state index in [0.29, 0.717) is 18.3 Å². The summed E-state index contributed by atoms with van der Waals surface area (Å²) in [4.78, 5) is 12.0. The zero-order valence-corrected chi connectivity index (χ0v) is 19.1. The lowest BCUT2D eigenvalue weighted by Crippen LogP contribution is -2.24. The number of nitrogens with zero attached hydrogens (tertiary/aromatic N) is 1. The Morgan fingerprint density at radius 1 is 1.03 bits per heavy atom. The van der Waals surface area contributed by atoms with Crippen molar-refractivity contribution in [1.29, 1.82) is 0 Å². The van der Waals surface area contributed by atoms with Crippen molar-refractivity contribution in [2.75, 3.05) is 6.61 Å². The maximum Gasteiger partial charge on any atom is 0.277 e. The van der Waals surface area contributed by atoms with Crippen molar-refractivity contribution in [1.82, 2.24) is 5.43 Å². The third-order valence-electron chi connectivity index (χ3n) is 4.51. The molecular formula is C25H25BrN2O3. The minimum Gasteiger partial charge on any atom is -0.489 e. The molecule has 0 radical (unpaired) electrons. The van der Waals surface area contributed by atoms with Crippen molar-refractivity contribution >= 4 is 28.1 Å². The summed E-state index contributed by atoms with van der Waals surface area (Å²) in [5.74, 6) is 1.48. The van der Waals surface area contributed by atoms with Gasteiger partial charge in [-0.05, 0) is 74.9 Å². The second-order valence-corrected chi connectivity index (χ2v) is 8.12. The van der Waals surface area contributed by atoms with E-state index in [1.54, 1.807) is 6.21 Å². The van der Waals surface area contributed by atoms with Crippen LogP contribution in [0.4, 0.5) is 0 Å². The third kappa shape index (κ3) is 7.26. The van der Waals surface area contributed by atoms with Crippen LogP contribution in [0.25, 0.3) is 0 Å². The van der Waals surface area contributed by atoms with E-state index in [2.05, 4.69) is 40.3 Å². The average Bonchev–Trinajstić information content (AvgIpc) is 2.78. The number of benzene rings is 3. The summed E-state index contributed by atoms with van der Waals surface area (Å²) in [5.41, 5.74) is 5.63. The van der Waals surface area contributed by atoms with Crippen molar-refractivity contribution in [3.63, 3.8) is 0 Å². The molecule has 3 rings (SSSR count). The van der Waals surface area contributed by atoms with E-state index in [-0.39, 0.29) is 12.5 Å². The van der Waals surface area contributed by atoms with E-state index in [4.69, 9.17) is 9.47 Å². The summed E-state index contributed by atoms with van der Waals surface area (Å²) in [6, 6.07) is 23.3. The van der Waals surface area contributed by atoms with Gasteiger partial charge in [-0.2, -0.15) is 5.10 Å². The van der Waals surface area contributed by atoms with Gasteiger partial charge < -0.3 is 9.47 Å². The zero-order valence-electron chi connectivity index (χ0n) is 17.5. The van der Waals surface area contributed by atoms with Crippen LogP contribution < -0.4 is 14.9 Å². The Morgan fingerprint density at radius 3 is 2.45 bits per heavy atom. The first-order chi connectivity index (χ1) is 15.0. The van der Waals surface area contributed by atoms with Crippen LogP contribution in [0.3, 0.4) is 0 Å². The molecule has 0 atom stereocenters. The van der Waals surface area contributed by atoms with Crippen LogP contribution in [-0.2, 0) is 11.4 Å². The molecule has 0 spiro atoms. The number of hydrogen-bond donors (Lipinski definition) is 1. The summed E-state index contributed by atoms with van der Waals surface area (Å²) in [7, 11) is 0. The Bertz CT molecular complexity index is 1020. The smallest absolute Gasteiger partial charge is 0.277 e. The molecule has 0 saturated carbocycles. The lowest BCUT2D eigenvalue weighted by molar-refractivity contribution is -0.123. The first kappa shape index (κ1) is 22.6. The number of rotatable bonds is 9.